The Kier molecular flexibility index (Phi) is 8.66. The zero-order chi connectivity index (χ0) is 31.2. The highest BCUT2D eigenvalue weighted by molar-refractivity contribution is 6.55. The Balaban J connectivity index is 1.80. The van der Waals surface area contributed by atoms with E-state index in [9.17, 15) is 27.2 Å². The molecule has 4 rings (SSSR count). The van der Waals surface area contributed by atoms with Crippen LogP contribution >= 0.6 is 11.6 Å². The van der Waals surface area contributed by atoms with Crippen LogP contribution in [0.15, 0.2) is 70.2 Å². The fourth-order valence-corrected chi connectivity index (χ4v) is 5.33. The molecular formula is C29H30BClF4N2O5. The molecular weight excluding hydrogens is 579 g/mol. The van der Waals surface area contributed by atoms with E-state index in [-0.39, 0.29) is 24.1 Å². The predicted octanol–water partition coefficient (Wildman–Crippen LogP) is 6.85. The van der Waals surface area contributed by atoms with Gasteiger partial charge in [-0.3, -0.25) is 4.79 Å². The lowest BCUT2D eigenvalue weighted by molar-refractivity contribution is -0.138. The molecule has 3 aliphatic rings. The van der Waals surface area contributed by atoms with Gasteiger partial charge in [0, 0.05) is 18.8 Å². The Morgan fingerprint density at radius 2 is 1.71 bits per heavy atom. The third-order valence-electron chi connectivity index (χ3n) is 7.96. The topological polar surface area (TPSA) is 77.4 Å². The summed E-state index contributed by atoms with van der Waals surface area (Å²) in [7, 11) is 0.257. The van der Waals surface area contributed by atoms with Crippen LogP contribution < -0.4 is 0 Å². The summed E-state index contributed by atoms with van der Waals surface area (Å²) in [6, 6.07) is 3.03. The van der Waals surface area contributed by atoms with E-state index in [1.54, 1.807) is 12.2 Å². The number of allylic oxidation sites excluding steroid dienone is 6. The Morgan fingerprint density at radius 1 is 1.10 bits per heavy atom. The molecule has 2 atom stereocenters. The van der Waals surface area contributed by atoms with Crippen LogP contribution in [-0.4, -0.2) is 49.0 Å². The highest BCUT2D eigenvalue weighted by atomic mass is 35.5. The SMILES string of the molecule is C=NN(C(=O)c1c(Cl)cccc1C(F)(F)F)C1=CC(B2OC(C)(C)C(C)(C)O2)=CC([C@H]2C=C(C(=O)OC)C=C(F)C2)C1. The number of methoxy groups -OCH3 is 1. The number of nitrogens with zero attached hydrogens (tertiary/aromatic N) is 2. The average Bonchev–Trinajstić information content (AvgIpc) is 3.13. The predicted molar refractivity (Wildman–Crippen MR) is 150 cm³/mol. The molecule has 2 aliphatic carbocycles. The summed E-state index contributed by atoms with van der Waals surface area (Å²) in [5.74, 6) is -3.56. The van der Waals surface area contributed by atoms with E-state index < -0.39 is 70.2 Å². The number of hydrogen-bond acceptors (Lipinski definition) is 6. The molecule has 0 N–H and O–H groups in total. The highest BCUT2D eigenvalue weighted by Gasteiger charge is 2.53. The van der Waals surface area contributed by atoms with Crippen molar-refractivity contribution < 1.29 is 41.2 Å². The van der Waals surface area contributed by atoms with Crippen molar-refractivity contribution >= 4 is 37.3 Å². The van der Waals surface area contributed by atoms with Crippen molar-refractivity contribution in [3.8, 4) is 0 Å². The molecule has 1 aromatic rings. The average molecular weight is 609 g/mol. The van der Waals surface area contributed by atoms with E-state index in [1.165, 1.54) is 19.3 Å². The van der Waals surface area contributed by atoms with Crippen LogP contribution in [0.1, 0.15) is 56.5 Å². The number of esters is 1. The van der Waals surface area contributed by atoms with Gasteiger partial charge in [0.25, 0.3) is 5.91 Å². The molecule has 0 aromatic heterocycles. The van der Waals surface area contributed by atoms with Crippen LogP contribution in [0.5, 0.6) is 0 Å². The number of carbonyl (C=O) groups excluding carboxylic acids is 2. The Labute approximate surface area is 246 Å². The molecule has 1 unspecified atom stereocenters. The third-order valence-corrected chi connectivity index (χ3v) is 8.27. The summed E-state index contributed by atoms with van der Waals surface area (Å²) in [6.45, 7) is 10.8. The minimum Gasteiger partial charge on any atom is -0.465 e. The van der Waals surface area contributed by atoms with Gasteiger partial charge >= 0.3 is 19.3 Å². The largest absolute Gasteiger partial charge is 0.494 e. The molecule has 42 heavy (non-hydrogen) atoms. The molecule has 1 heterocycles. The summed E-state index contributed by atoms with van der Waals surface area (Å²) in [5.41, 5.74) is -2.86. The van der Waals surface area contributed by atoms with Crippen LogP contribution in [0, 0.1) is 11.8 Å². The fourth-order valence-electron chi connectivity index (χ4n) is 5.07. The van der Waals surface area contributed by atoms with Crippen LogP contribution in [-0.2, 0) is 25.0 Å². The molecule has 1 aromatic carbocycles. The van der Waals surface area contributed by atoms with E-state index in [2.05, 4.69) is 11.8 Å². The summed E-state index contributed by atoms with van der Waals surface area (Å²) in [5, 5.41) is 4.12. The van der Waals surface area contributed by atoms with Crippen LogP contribution in [0.25, 0.3) is 0 Å². The number of hydrogen-bond donors (Lipinski definition) is 0. The van der Waals surface area contributed by atoms with Crippen LogP contribution in [0.4, 0.5) is 17.6 Å². The normalized spacial score (nSPS) is 23.3. The first kappa shape index (κ1) is 31.7. The Bertz CT molecular complexity index is 1420. The van der Waals surface area contributed by atoms with Crippen molar-refractivity contribution in [2.45, 2.75) is 57.9 Å². The molecule has 1 fully saturated rings. The minimum atomic E-state index is -4.87. The molecule has 0 radical (unpaired) electrons. The summed E-state index contributed by atoms with van der Waals surface area (Å²) in [6.07, 6.45) is 1.09. The monoisotopic (exact) mass is 608 g/mol. The lowest BCUT2D eigenvalue weighted by Crippen LogP contribution is -2.41. The minimum absolute atomic E-state index is 0.0219. The molecule has 0 bridgehead atoms. The van der Waals surface area contributed by atoms with Crippen molar-refractivity contribution in [1.29, 1.82) is 0 Å². The number of benzene rings is 1. The van der Waals surface area contributed by atoms with Gasteiger partial charge in [-0.2, -0.15) is 18.3 Å². The zero-order valence-corrected chi connectivity index (χ0v) is 24.5. The number of ether oxygens (including phenoxy) is 1. The van der Waals surface area contributed by atoms with Crippen molar-refractivity contribution in [2.24, 2.45) is 16.9 Å². The maximum atomic E-state index is 14.7. The molecule has 7 nitrogen and oxygen atoms in total. The molecule has 0 saturated carbocycles. The molecule has 1 amide bonds. The Hall–Kier alpha value is -3.22. The van der Waals surface area contributed by atoms with Crippen molar-refractivity contribution in [2.75, 3.05) is 7.11 Å². The summed E-state index contributed by atoms with van der Waals surface area (Å²) < 4.78 is 73.5. The first-order valence-corrected chi connectivity index (χ1v) is 13.5. The first-order valence-electron chi connectivity index (χ1n) is 13.1. The second-order valence-electron chi connectivity index (χ2n) is 11.2. The van der Waals surface area contributed by atoms with E-state index in [0.717, 1.165) is 23.2 Å². The quantitative estimate of drug-likeness (QED) is 0.116. The number of carbonyl (C=O) groups is 2. The number of rotatable bonds is 6. The maximum Gasteiger partial charge on any atom is 0.494 e. The zero-order valence-electron chi connectivity index (χ0n) is 23.7. The first-order chi connectivity index (χ1) is 19.5. The van der Waals surface area contributed by atoms with Gasteiger partial charge in [-0.1, -0.05) is 29.8 Å². The molecule has 1 aliphatic heterocycles. The van der Waals surface area contributed by atoms with Gasteiger partial charge in [-0.15, -0.1) is 0 Å². The lowest BCUT2D eigenvalue weighted by atomic mass is 9.69. The van der Waals surface area contributed by atoms with E-state index >= 15 is 0 Å². The van der Waals surface area contributed by atoms with Crippen LogP contribution in [0.3, 0.4) is 0 Å². The second kappa shape index (κ2) is 11.5. The number of hydrazone groups is 1. The molecule has 13 heteroatoms. The second-order valence-corrected chi connectivity index (χ2v) is 11.7. The van der Waals surface area contributed by atoms with E-state index in [4.69, 9.17) is 25.6 Å². The van der Waals surface area contributed by atoms with Crippen molar-refractivity contribution in [3.63, 3.8) is 0 Å². The summed E-state index contributed by atoms with van der Waals surface area (Å²) in [4.78, 5) is 25.9. The maximum absolute atomic E-state index is 14.7. The number of alkyl halides is 3. The third kappa shape index (κ3) is 6.11. The van der Waals surface area contributed by atoms with Gasteiger partial charge in [-0.25, -0.2) is 14.2 Å². The van der Waals surface area contributed by atoms with Gasteiger partial charge in [0.05, 0.1) is 40.0 Å². The van der Waals surface area contributed by atoms with Gasteiger partial charge in [0.15, 0.2) is 0 Å². The van der Waals surface area contributed by atoms with Crippen LogP contribution in [0.2, 0.25) is 5.02 Å². The number of amides is 1. The molecule has 0 spiro atoms. The van der Waals surface area contributed by atoms with Gasteiger partial charge in [-0.05, 0) is 75.7 Å². The molecule has 1 saturated heterocycles. The van der Waals surface area contributed by atoms with Gasteiger partial charge in [0.1, 0.15) is 5.83 Å². The van der Waals surface area contributed by atoms with E-state index in [1.807, 2.05) is 27.7 Å². The standard InChI is InChI=1S/C29H30BClF4N2O5/c1-27(2)28(3,4)42-30(41-27)19-11-17(16-10-18(26(39)40-6)13-20(32)12-16)14-21(15-19)37(36-5)25(38)24-22(29(33,34)35)8-7-9-23(24)31/h7-11,13,15-17H,5,12,14H2,1-4,6H3/t16-,17?/m0/s1. The van der Waals surface area contributed by atoms with Gasteiger partial charge < -0.3 is 14.0 Å². The summed E-state index contributed by atoms with van der Waals surface area (Å²) >= 11 is 6.11. The van der Waals surface area contributed by atoms with Crippen molar-refractivity contribution in [1.82, 2.24) is 5.01 Å². The van der Waals surface area contributed by atoms with E-state index in [0.29, 0.717) is 5.47 Å². The van der Waals surface area contributed by atoms with Gasteiger partial charge in [0.2, 0.25) is 0 Å². The fraction of sp³-hybridized carbons (Fsp3) is 0.414. The molecule has 224 valence electrons. The smallest absolute Gasteiger partial charge is 0.465 e. The Morgan fingerprint density at radius 3 is 2.29 bits per heavy atom. The lowest BCUT2D eigenvalue weighted by Gasteiger charge is -2.32. The van der Waals surface area contributed by atoms with Crippen molar-refractivity contribution in [3.05, 3.63) is 81.2 Å². The highest BCUT2D eigenvalue weighted by Crippen LogP contribution is 2.44. The number of halogens is 5.